The van der Waals surface area contributed by atoms with E-state index in [0.29, 0.717) is 6.61 Å². The number of epoxide rings is 1. The molecular formula is C24H44O3Si2. The van der Waals surface area contributed by atoms with Crippen molar-refractivity contribution in [2.45, 2.75) is 109 Å². The number of aryl methyl sites for hydroxylation is 1. The average molecular weight is 437 g/mol. The summed E-state index contributed by atoms with van der Waals surface area (Å²) in [7, 11) is -3.71. The van der Waals surface area contributed by atoms with Gasteiger partial charge in [-0.05, 0) is 54.7 Å². The lowest BCUT2D eigenvalue weighted by molar-refractivity contribution is 0.0827. The van der Waals surface area contributed by atoms with Crippen molar-refractivity contribution >= 4 is 16.6 Å². The van der Waals surface area contributed by atoms with E-state index < -0.39 is 16.6 Å². The highest BCUT2D eigenvalue weighted by atomic mass is 28.4. The maximum Gasteiger partial charge on any atom is 0.192 e. The lowest BCUT2D eigenvalue weighted by Gasteiger charge is -2.41. The number of hydrogen-bond acceptors (Lipinski definition) is 3. The summed E-state index contributed by atoms with van der Waals surface area (Å²) in [6.07, 6.45) is 2.58. The Kier molecular flexibility index (Phi) is 7.66. The SMILES string of the molecule is CC(C)(C)[Si](C)(C)OC[C@@H](O[Si](C)(C)C(C)(C)C)[C@H]1O[C@@H]1CCc1ccccc1. The van der Waals surface area contributed by atoms with E-state index in [1.54, 1.807) is 0 Å². The van der Waals surface area contributed by atoms with Crippen LogP contribution in [0.25, 0.3) is 0 Å². The van der Waals surface area contributed by atoms with Gasteiger partial charge in [-0.25, -0.2) is 0 Å². The van der Waals surface area contributed by atoms with Gasteiger partial charge in [-0.3, -0.25) is 0 Å². The molecule has 0 unspecified atom stereocenters. The van der Waals surface area contributed by atoms with Crippen LogP contribution in [0.5, 0.6) is 0 Å². The number of rotatable bonds is 9. The lowest BCUT2D eigenvalue weighted by Crippen LogP contribution is -2.49. The predicted octanol–water partition coefficient (Wildman–Crippen LogP) is 6.80. The zero-order valence-electron chi connectivity index (χ0n) is 20.5. The molecule has 1 fully saturated rings. The molecule has 1 aromatic carbocycles. The van der Waals surface area contributed by atoms with E-state index in [1.807, 2.05) is 0 Å². The minimum Gasteiger partial charge on any atom is -0.414 e. The normalized spacial score (nSPS) is 21.9. The first-order valence-corrected chi connectivity index (χ1v) is 17.0. The third kappa shape index (κ3) is 6.76. The van der Waals surface area contributed by atoms with Gasteiger partial charge in [-0.15, -0.1) is 0 Å². The molecule has 29 heavy (non-hydrogen) atoms. The quantitative estimate of drug-likeness (QED) is 0.315. The van der Waals surface area contributed by atoms with Crippen molar-refractivity contribution in [1.82, 2.24) is 0 Å². The van der Waals surface area contributed by atoms with Crippen molar-refractivity contribution < 1.29 is 13.6 Å². The van der Waals surface area contributed by atoms with Crippen molar-refractivity contribution in [2.24, 2.45) is 0 Å². The van der Waals surface area contributed by atoms with Crippen molar-refractivity contribution in [3.63, 3.8) is 0 Å². The third-order valence-electron chi connectivity index (χ3n) is 7.22. The highest BCUT2D eigenvalue weighted by Crippen LogP contribution is 2.42. The summed E-state index contributed by atoms with van der Waals surface area (Å²) in [5.41, 5.74) is 1.38. The molecule has 0 aromatic heterocycles. The van der Waals surface area contributed by atoms with Crippen LogP contribution in [0.1, 0.15) is 53.5 Å². The molecule has 0 radical (unpaired) electrons. The van der Waals surface area contributed by atoms with Crippen LogP contribution < -0.4 is 0 Å². The van der Waals surface area contributed by atoms with Crippen molar-refractivity contribution in [1.29, 1.82) is 0 Å². The fourth-order valence-electron chi connectivity index (χ4n) is 2.93. The van der Waals surface area contributed by atoms with E-state index in [9.17, 15) is 0 Å². The van der Waals surface area contributed by atoms with Gasteiger partial charge in [0.05, 0.1) is 18.8 Å². The number of benzene rings is 1. The Labute approximate surface area is 181 Å². The van der Waals surface area contributed by atoms with Gasteiger partial charge >= 0.3 is 0 Å². The summed E-state index contributed by atoms with van der Waals surface area (Å²) >= 11 is 0. The van der Waals surface area contributed by atoms with Crippen molar-refractivity contribution in [2.75, 3.05) is 6.61 Å². The standard InChI is InChI=1S/C24H44O3Si2/c1-23(2,3)28(7,8)25-18-21(27-29(9,10)24(4,5)6)22-20(26-22)17-16-19-14-12-11-13-15-19/h11-15,20-22H,16-18H2,1-10H3/t20-,21-,22+/m1/s1. The van der Waals surface area contributed by atoms with Gasteiger partial charge in [0, 0.05) is 0 Å². The summed E-state index contributed by atoms with van der Waals surface area (Å²) in [6.45, 7) is 23.7. The summed E-state index contributed by atoms with van der Waals surface area (Å²) < 4.78 is 19.6. The zero-order valence-corrected chi connectivity index (χ0v) is 22.5. The van der Waals surface area contributed by atoms with Crippen LogP contribution in [-0.4, -0.2) is 41.6 Å². The average Bonchev–Trinajstić information content (AvgIpc) is 3.35. The molecule has 1 aliphatic heterocycles. The lowest BCUT2D eigenvalue weighted by atomic mass is 10.1. The first-order valence-electron chi connectivity index (χ1n) is 11.2. The summed E-state index contributed by atoms with van der Waals surface area (Å²) in [5.74, 6) is 0. The topological polar surface area (TPSA) is 31.0 Å². The Bertz CT molecular complexity index is 644. The first kappa shape index (κ1) is 24.8. The van der Waals surface area contributed by atoms with Crippen LogP contribution in [0.3, 0.4) is 0 Å². The fourth-order valence-corrected chi connectivity index (χ4v) is 5.25. The van der Waals surface area contributed by atoms with Gasteiger partial charge in [0.1, 0.15) is 6.10 Å². The highest BCUT2D eigenvalue weighted by molar-refractivity contribution is 6.74. The van der Waals surface area contributed by atoms with E-state index in [1.165, 1.54) is 5.56 Å². The second kappa shape index (κ2) is 8.95. The molecule has 0 bridgehead atoms. The molecule has 0 spiro atoms. The van der Waals surface area contributed by atoms with E-state index in [0.717, 1.165) is 12.8 Å². The molecule has 1 saturated heterocycles. The maximum absolute atomic E-state index is 6.83. The highest BCUT2D eigenvalue weighted by Gasteiger charge is 2.50. The Morgan fingerprint density at radius 1 is 0.897 bits per heavy atom. The second-order valence-corrected chi connectivity index (χ2v) is 21.2. The van der Waals surface area contributed by atoms with Crippen LogP contribution in [0, 0.1) is 0 Å². The van der Waals surface area contributed by atoms with Crippen LogP contribution >= 0.6 is 0 Å². The molecular weight excluding hydrogens is 392 g/mol. The molecule has 5 heteroatoms. The Morgan fingerprint density at radius 2 is 1.45 bits per heavy atom. The van der Waals surface area contributed by atoms with Gasteiger partial charge in [-0.2, -0.15) is 0 Å². The summed E-state index contributed by atoms with van der Waals surface area (Å²) in [4.78, 5) is 0. The molecule has 1 aromatic rings. The minimum atomic E-state index is -1.89. The van der Waals surface area contributed by atoms with Crippen LogP contribution in [-0.2, 0) is 20.0 Å². The van der Waals surface area contributed by atoms with Gasteiger partial charge in [0.15, 0.2) is 16.6 Å². The zero-order chi connectivity index (χ0) is 22.1. The molecule has 1 aliphatic rings. The molecule has 166 valence electrons. The molecule has 0 saturated carbocycles. The molecule has 0 amide bonds. The minimum absolute atomic E-state index is 0.0331. The smallest absolute Gasteiger partial charge is 0.192 e. The van der Waals surface area contributed by atoms with Crippen molar-refractivity contribution in [3.05, 3.63) is 35.9 Å². The number of ether oxygens (including phenoxy) is 1. The molecule has 0 N–H and O–H groups in total. The third-order valence-corrected chi connectivity index (χ3v) is 16.2. The summed E-state index contributed by atoms with van der Waals surface area (Å²) in [5, 5.41) is 0.377. The van der Waals surface area contributed by atoms with Crippen LogP contribution in [0.4, 0.5) is 0 Å². The maximum atomic E-state index is 6.83. The first-order chi connectivity index (χ1) is 13.1. The van der Waals surface area contributed by atoms with Gasteiger partial charge < -0.3 is 13.6 Å². The van der Waals surface area contributed by atoms with Crippen LogP contribution in [0.15, 0.2) is 30.3 Å². The summed E-state index contributed by atoms with van der Waals surface area (Å²) in [6, 6.07) is 10.7. The largest absolute Gasteiger partial charge is 0.414 e. The Hall–Kier alpha value is -0.466. The van der Waals surface area contributed by atoms with Gasteiger partial charge in [-0.1, -0.05) is 71.9 Å². The Balaban J connectivity index is 2.03. The second-order valence-electron chi connectivity index (χ2n) is 11.7. The molecule has 3 atom stereocenters. The van der Waals surface area contributed by atoms with Gasteiger partial charge in [0.25, 0.3) is 0 Å². The fraction of sp³-hybridized carbons (Fsp3) is 0.750. The Morgan fingerprint density at radius 3 is 1.97 bits per heavy atom. The van der Waals surface area contributed by atoms with Crippen LogP contribution in [0.2, 0.25) is 36.3 Å². The predicted molar refractivity (Wildman–Crippen MR) is 129 cm³/mol. The number of hydrogen-bond donors (Lipinski definition) is 0. The van der Waals surface area contributed by atoms with E-state index in [2.05, 4.69) is 98.1 Å². The monoisotopic (exact) mass is 436 g/mol. The molecule has 0 aliphatic carbocycles. The van der Waals surface area contributed by atoms with E-state index >= 15 is 0 Å². The van der Waals surface area contributed by atoms with E-state index in [4.69, 9.17) is 13.6 Å². The molecule has 1 heterocycles. The van der Waals surface area contributed by atoms with Gasteiger partial charge in [0.2, 0.25) is 0 Å². The van der Waals surface area contributed by atoms with E-state index in [-0.39, 0.29) is 28.4 Å². The molecule has 2 rings (SSSR count). The molecule has 3 nitrogen and oxygen atoms in total. The van der Waals surface area contributed by atoms with Crippen molar-refractivity contribution in [3.8, 4) is 0 Å².